The Labute approximate surface area is 109 Å². The van der Waals surface area contributed by atoms with Gasteiger partial charge < -0.3 is 10.5 Å². The molecule has 1 aromatic rings. The van der Waals surface area contributed by atoms with Crippen molar-refractivity contribution >= 4 is 23.5 Å². The van der Waals surface area contributed by atoms with Crippen molar-refractivity contribution in [2.75, 3.05) is 18.6 Å². The van der Waals surface area contributed by atoms with E-state index in [4.69, 9.17) is 10.5 Å². The summed E-state index contributed by atoms with van der Waals surface area (Å²) in [6, 6.07) is 3.99. The topological polar surface area (TPSA) is 102 Å². The molecule has 1 heterocycles. The van der Waals surface area contributed by atoms with Crippen molar-refractivity contribution in [2.45, 2.75) is 6.42 Å². The first kappa shape index (κ1) is 12.9. The molecule has 0 saturated carbocycles. The van der Waals surface area contributed by atoms with E-state index in [2.05, 4.69) is 5.32 Å². The number of primary amides is 1. The van der Waals surface area contributed by atoms with E-state index in [1.807, 2.05) is 0 Å². The van der Waals surface area contributed by atoms with Gasteiger partial charge in [0.05, 0.1) is 12.8 Å². The normalized spacial score (nSPS) is 15.1. The highest BCUT2D eigenvalue weighted by atomic mass is 16.5. The number of ether oxygens (including phenoxy) is 1. The minimum atomic E-state index is -0.600. The fourth-order valence-corrected chi connectivity index (χ4v) is 1.85. The number of urea groups is 1. The van der Waals surface area contributed by atoms with E-state index in [1.165, 1.54) is 24.1 Å². The minimum absolute atomic E-state index is 0.190. The van der Waals surface area contributed by atoms with Crippen LogP contribution in [0.2, 0.25) is 0 Å². The zero-order valence-electron chi connectivity index (χ0n) is 10.3. The molecule has 0 radical (unpaired) electrons. The predicted octanol–water partition coefficient (Wildman–Crippen LogP) is 0.240. The lowest BCUT2D eigenvalue weighted by Gasteiger charge is -2.28. The molecule has 0 atom stereocenters. The maximum atomic E-state index is 11.8. The van der Waals surface area contributed by atoms with Crippen LogP contribution < -0.4 is 20.7 Å². The number of anilines is 1. The molecule has 0 unspecified atom stereocenters. The molecule has 3 N–H and O–H groups in total. The number of carbonyl (C=O) groups excluding carboxylic acids is 3. The molecule has 0 bridgehead atoms. The van der Waals surface area contributed by atoms with Gasteiger partial charge in [0.1, 0.15) is 5.75 Å². The zero-order chi connectivity index (χ0) is 14.0. The number of nitrogens with two attached hydrogens (primary N) is 1. The molecule has 0 aliphatic carbocycles. The van der Waals surface area contributed by atoms with Crippen LogP contribution in [0.5, 0.6) is 5.75 Å². The first-order valence-electron chi connectivity index (χ1n) is 5.62. The third-order valence-electron chi connectivity index (χ3n) is 2.81. The molecule has 1 aliphatic heterocycles. The number of imide groups is 1. The van der Waals surface area contributed by atoms with Crippen molar-refractivity contribution < 1.29 is 19.1 Å². The van der Waals surface area contributed by atoms with Crippen LogP contribution in [0.25, 0.3) is 0 Å². The van der Waals surface area contributed by atoms with Crippen LogP contribution in [-0.4, -0.2) is 31.5 Å². The molecule has 4 amide bonds. The summed E-state index contributed by atoms with van der Waals surface area (Å²) in [5.74, 6) is -0.502. The Balaban J connectivity index is 2.41. The first-order chi connectivity index (χ1) is 9.02. The van der Waals surface area contributed by atoms with Gasteiger partial charge in [-0.1, -0.05) is 0 Å². The SMILES string of the molecule is COc1ccc(C(N)=O)cc1N1CCC(=O)NC1=O. The molecule has 2 rings (SSSR count). The number of rotatable bonds is 3. The summed E-state index contributed by atoms with van der Waals surface area (Å²) < 4.78 is 5.15. The maximum Gasteiger partial charge on any atom is 0.328 e. The lowest BCUT2D eigenvalue weighted by Crippen LogP contribution is -2.49. The quantitative estimate of drug-likeness (QED) is 0.815. The highest BCUT2D eigenvalue weighted by Gasteiger charge is 2.26. The first-order valence-corrected chi connectivity index (χ1v) is 5.62. The van der Waals surface area contributed by atoms with Gasteiger partial charge in [0, 0.05) is 18.5 Å². The van der Waals surface area contributed by atoms with Gasteiger partial charge in [-0.25, -0.2) is 4.79 Å². The monoisotopic (exact) mass is 263 g/mol. The summed E-state index contributed by atoms with van der Waals surface area (Å²) in [5.41, 5.74) is 5.88. The van der Waals surface area contributed by atoms with Crippen LogP contribution in [-0.2, 0) is 4.79 Å². The summed E-state index contributed by atoms with van der Waals surface area (Å²) in [5, 5.41) is 2.20. The molecule has 7 heteroatoms. The maximum absolute atomic E-state index is 11.8. The number of benzene rings is 1. The van der Waals surface area contributed by atoms with Gasteiger partial charge in [0.2, 0.25) is 11.8 Å². The number of hydrogen-bond acceptors (Lipinski definition) is 4. The van der Waals surface area contributed by atoms with E-state index in [9.17, 15) is 14.4 Å². The Kier molecular flexibility index (Phi) is 3.37. The Hall–Kier alpha value is -2.57. The molecule has 7 nitrogen and oxygen atoms in total. The van der Waals surface area contributed by atoms with E-state index < -0.39 is 11.9 Å². The van der Waals surface area contributed by atoms with Gasteiger partial charge in [0.25, 0.3) is 0 Å². The average molecular weight is 263 g/mol. The number of amides is 4. The van der Waals surface area contributed by atoms with Crippen LogP contribution in [0.1, 0.15) is 16.8 Å². The van der Waals surface area contributed by atoms with Gasteiger partial charge in [-0.05, 0) is 18.2 Å². The Morgan fingerprint density at radius 1 is 1.42 bits per heavy atom. The standard InChI is InChI=1S/C12H13N3O4/c1-19-9-3-2-7(11(13)17)6-8(9)15-5-4-10(16)14-12(15)18/h2-3,6H,4-5H2,1H3,(H2,13,17)(H,14,16,18). The van der Waals surface area contributed by atoms with E-state index in [0.29, 0.717) is 11.4 Å². The van der Waals surface area contributed by atoms with Crippen LogP contribution >= 0.6 is 0 Å². The van der Waals surface area contributed by atoms with Crippen LogP contribution in [0, 0.1) is 0 Å². The van der Waals surface area contributed by atoms with Gasteiger partial charge >= 0.3 is 6.03 Å². The predicted molar refractivity (Wildman–Crippen MR) is 67.0 cm³/mol. The molecule has 1 aromatic carbocycles. The van der Waals surface area contributed by atoms with Crippen molar-refractivity contribution in [3.63, 3.8) is 0 Å². The van der Waals surface area contributed by atoms with Gasteiger partial charge in [-0.2, -0.15) is 0 Å². The summed E-state index contributed by atoms with van der Waals surface area (Å²) in [6.07, 6.45) is 0.190. The summed E-state index contributed by atoms with van der Waals surface area (Å²) in [7, 11) is 1.45. The van der Waals surface area contributed by atoms with Crippen molar-refractivity contribution in [1.29, 1.82) is 0 Å². The van der Waals surface area contributed by atoms with E-state index in [-0.39, 0.29) is 24.4 Å². The molecule has 100 valence electrons. The van der Waals surface area contributed by atoms with Crippen molar-refractivity contribution in [3.8, 4) is 5.75 Å². The summed E-state index contributed by atoms with van der Waals surface area (Å²) >= 11 is 0. The van der Waals surface area contributed by atoms with Crippen LogP contribution in [0.3, 0.4) is 0 Å². The van der Waals surface area contributed by atoms with Crippen molar-refractivity contribution in [2.24, 2.45) is 5.73 Å². The van der Waals surface area contributed by atoms with Crippen molar-refractivity contribution in [1.82, 2.24) is 5.32 Å². The lowest BCUT2D eigenvalue weighted by atomic mass is 10.1. The largest absolute Gasteiger partial charge is 0.495 e. The second-order valence-electron chi connectivity index (χ2n) is 4.01. The number of nitrogens with one attached hydrogen (secondary N) is 1. The van der Waals surface area contributed by atoms with Gasteiger partial charge in [-0.15, -0.1) is 0 Å². The number of methoxy groups -OCH3 is 1. The second kappa shape index (κ2) is 4.97. The molecule has 19 heavy (non-hydrogen) atoms. The molecular formula is C12H13N3O4. The van der Waals surface area contributed by atoms with Gasteiger partial charge in [-0.3, -0.25) is 19.8 Å². The number of nitrogens with zero attached hydrogens (tertiary/aromatic N) is 1. The van der Waals surface area contributed by atoms with Crippen LogP contribution in [0.4, 0.5) is 10.5 Å². The van der Waals surface area contributed by atoms with Crippen LogP contribution in [0.15, 0.2) is 18.2 Å². The lowest BCUT2D eigenvalue weighted by molar-refractivity contribution is -0.120. The highest BCUT2D eigenvalue weighted by molar-refractivity contribution is 6.07. The fraction of sp³-hybridized carbons (Fsp3) is 0.250. The summed E-state index contributed by atoms with van der Waals surface area (Å²) in [6.45, 7) is 0.225. The fourth-order valence-electron chi connectivity index (χ4n) is 1.85. The van der Waals surface area contributed by atoms with E-state index in [0.717, 1.165) is 0 Å². The molecule has 1 fully saturated rings. The molecule has 1 saturated heterocycles. The zero-order valence-corrected chi connectivity index (χ0v) is 10.3. The molecule has 1 aliphatic rings. The van der Waals surface area contributed by atoms with Gasteiger partial charge in [0.15, 0.2) is 0 Å². The Morgan fingerprint density at radius 3 is 2.74 bits per heavy atom. The Morgan fingerprint density at radius 2 is 2.16 bits per heavy atom. The molecule has 0 aromatic heterocycles. The third-order valence-corrected chi connectivity index (χ3v) is 2.81. The third kappa shape index (κ3) is 2.49. The number of hydrogen-bond donors (Lipinski definition) is 2. The van der Waals surface area contributed by atoms with E-state index in [1.54, 1.807) is 6.07 Å². The molecular weight excluding hydrogens is 250 g/mol. The average Bonchev–Trinajstić information content (AvgIpc) is 2.38. The Bertz CT molecular complexity index is 556. The summed E-state index contributed by atoms with van der Waals surface area (Å²) in [4.78, 5) is 35.4. The smallest absolute Gasteiger partial charge is 0.328 e. The van der Waals surface area contributed by atoms with E-state index >= 15 is 0 Å². The van der Waals surface area contributed by atoms with Crippen molar-refractivity contribution in [3.05, 3.63) is 23.8 Å². The minimum Gasteiger partial charge on any atom is -0.495 e. The number of carbonyl (C=O) groups is 3. The molecule has 0 spiro atoms. The second-order valence-corrected chi connectivity index (χ2v) is 4.01. The highest BCUT2D eigenvalue weighted by Crippen LogP contribution is 2.30.